The first kappa shape index (κ1) is 31.4. The molecule has 0 aliphatic heterocycles. The Labute approximate surface area is 263 Å². The van der Waals surface area contributed by atoms with Crippen molar-refractivity contribution in [2.24, 2.45) is 7.05 Å². The number of esters is 1. The van der Waals surface area contributed by atoms with E-state index in [9.17, 15) is 4.79 Å². The predicted molar refractivity (Wildman–Crippen MR) is 179 cm³/mol. The minimum Gasteiger partial charge on any atom is -0.493 e. The van der Waals surface area contributed by atoms with E-state index in [1.807, 2.05) is 61.1 Å². The molecule has 0 atom stereocenters. The number of unbranched alkanes of at least 4 members (excludes halogenated alkanes) is 2. The second-order valence-electron chi connectivity index (χ2n) is 10.8. The van der Waals surface area contributed by atoms with Gasteiger partial charge in [0.1, 0.15) is 11.4 Å². The van der Waals surface area contributed by atoms with Crippen LogP contribution in [0.3, 0.4) is 0 Å². The number of aromatic nitrogens is 3. The maximum absolute atomic E-state index is 13.2. The molecule has 0 radical (unpaired) electrons. The number of aliphatic hydroxyl groups is 1. The van der Waals surface area contributed by atoms with Crippen LogP contribution < -0.4 is 4.74 Å². The van der Waals surface area contributed by atoms with Crippen molar-refractivity contribution >= 4 is 45.3 Å². The summed E-state index contributed by atoms with van der Waals surface area (Å²) in [5, 5.41) is 17.7. The molecule has 0 bridgehead atoms. The van der Waals surface area contributed by atoms with Crippen molar-refractivity contribution in [3.63, 3.8) is 0 Å². The number of carbonyl (C=O) groups is 1. The Hall–Kier alpha value is -4.07. The number of hydrogen-bond acceptors (Lipinski definition) is 5. The van der Waals surface area contributed by atoms with Crippen LogP contribution in [-0.4, -0.2) is 45.7 Å². The first-order valence-corrected chi connectivity index (χ1v) is 15.8. The number of benzene rings is 3. The van der Waals surface area contributed by atoms with Crippen LogP contribution in [-0.2, 0) is 24.6 Å². The van der Waals surface area contributed by atoms with Gasteiger partial charge < -0.3 is 19.6 Å². The highest BCUT2D eigenvalue weighted by Gasteiger charge is 2.25. The summed E-state index contributed by atoms with van der Waals surface area (Å²) in [5.74, 6) is 0.462. The van der Waals surface area contributed by atoms with E-state index in [2.05, 4.69) is 36.2 Å². The number of aryl methyl sites for hydroxylation is 2. The maximum Gasteiger partial charge on any atom is 0.355 e. The second kappa shape index (κ2) is 14.6. The Morgan fingerprint density at radius 1 is 1.02 bits per heavy atom. The summed E-state index contributed by atoms with van der Waals surface area (Å²) in [4.78, 5) is 16.6. The monoisotopic (exact) mass is 613 g/mol. The lowest BCUT2D eigenvalue weighted by atomic mass is 9.97. The minimum absolute atomic E-state index is 0.188. The third-order valence-electron chi connectivity index (χ3n) is 7.92. The molecule has 3 aromatic carbocycles. The van der Waals surface area contributed by atoms with Gasteiger partial charge in [-0.05, 0) is 74.6 Å². The minimum atomic E-state index is -0.387. The molecule has 0 saturated carbocycles. The smallest absolute Gasteiger partial charge is 0.355 e. The summed E-state index contributed by atoms with van der Waals surface area (Å²) in [5.41, 5.74) is 5.77. The van der Waals surface area contributed by atoms with Gasteiger partial charge in [-0.2, -0.15) is 5.10 Å². The summed E-state index contributed by atoms with van der Waals surface area (Å²) in [6, 6.07) is 18.1. The fourth-order valence-corrected chi connectivity index (χ4v) is 6.13. The summed E-state index contributed by atoms with van der Waals surface area (Å²) in [6.07, 6.45) is 8.71. The number of nitrogens with one attached hydrogen (secondary N) is 1. The van der Waals surface area contributed by atoms with Crippen LogP contribution >= 0.6 is 11.6 Å². The molecule has 5 rings (SSSR count). The number of carbonyl (C=O) groups excluding carboxylic acids is 1. The largest absolute Gasteiger partial charge is 0.493 e. The van der Waals surface area contributed by atoms with Crippen molar-refractivity contribution in [1.82, 2.24) is 14.8 Å². The number of halogens is 1. The Bertz CT molecular complexity index is 1780. The van der Waals surface area contributed by atoms with Gasteiger partial charge in [0.25, 0.3) is 0 Å². The predicted octanol–water partition coefficient (Wildman–Crippen LogP) is 8.30. The average molecular weight is 614 g/mol. The molecule has 2 N–H and O–H groups in total. The molecular formula is C36H40ClN3O4. The number of H-pyrrole nitrogens is 1. The molecule has 0 aliphatic rings. The van der Waals surface area contributed by atoms with Crippen molar-refractivity contribution in [1.29, 1.82) is 0 Å². The first-order chi connectivity index (χ1) is 21.5. The van der Waals surface area contributed by atoms with Crippen molar-refractivity contribution in [3.05, 3.63) is 88.3 Å². The lowest BCUT2D eigenvalue weighted by Crippen LogP contribution is -2.09. The van der Waals surface area contributed by atoms with Gasteiger partial charge in [-0.3, -0.25) is 4.68 Å². The zero-order valence-electron chi connectivity index (χ0n) is 25.7. The van der Waals surface area contributed by atoms with Crippen molar-refractivity contribution in [3.8, 4) is 16.9 Å². The van der Waals surface area contributed by atoms with Crippen LogP contribution in [0.5, 0.6) is 5.75 Å². The lowest BCUT2D eigenvalue weighted by molar-refractivity contribution is 0.0519. The Balaban J connectivity index is 1.51. The molecule has 5 aromatic rings. The SMILES string of the molecule is CCOC(=O)c1[nH]c2c(-c3c(/C=C\CCCCO)nn(C)c3CC)c(Cl)ccc2c1CCCOc1cccc2ccccc12. The highest BCUT2D eigenvalue weighted by molar-refractivity contribution is 6.35. The molecule has 0 spiro atoms. The molecule has 230 valence electrons. The average Bonchev–Trinajstić information content (AvgIpc) is 3.55. The van der Waals surface area contributed by atoms with E-state index in [4.69, 9.17) is 31.3 Å². The molecule has 0 unspecified atom stereocenters. The molecule has 44 heavy (non-hydrogen) atoms. The van der Waals surface area contributed by atoms with Gasteiger partial charge in [0.15, 0.2) is 0 Å². The van der Waals surface area contributed by atoms with Gasteiger partial charge in [-0.15, -0.1) is 0 Å². The van der Waals surface area contributed by atoms with Gasteiger partial charge in [0.2, 0.25) is 0 Å². The standard InChI is InChI=1S/C36H40ClN3O4/c1-4-30-33(29(39-40(30)3)18-8-6-7-11-22-41)32-28(37)21-20-27-26(35(38-34(27)32)36(42)43-5-2)17-13-23-44-31-19-12-15-24-14-9-10-16-25(24)31/h8-10,12,14-16,18-21,38,41H,4-7,11,13,17,22-23H2,1-3H3/b18-8-. The van der Waals surface area contributed by atoms with Crippen LogP contribution in [0.25, 0.3) is 38.9 Å². The van der Waals surface area contributed by atoms with E-state index < -0.39 is 0 Å². The summed E-state index contributed by atoms with van der Waals surface area (Å²) >= 11 is 6.95. The Morgan fingerprint density at radius 3 is 2.64 bits per heavy atom. The maximum atomic E-state index is 13.2. The van der Waals surface area contributed by atoms with Crippen molar-refractivity contribution < 1.29 is 19.4 Å². The fourth-order valence-electron chi connectivity index (χ4n) is 5.87. The summed E-state index contributed by atoms with van der Waals surface area (Å²) < 4.78 is 13.6. The molecule has 0 aliphatic carbocycles. The molecule has 2 heterocycles. The number of rotatable bonds is 14. The van der Waals surface area contributed by atoms with E-state index in [1.54, 1.807) is 0 Å². The van der Waals surface area contributed by atoms with Gasteiger partial charge in [-0.25, -0.2) is 4.79 Å². The van der Waals surface area contributed by atoms with Crippen LogP contribution in [0.2, 0.25) is 5.02 Å². The topological polar surface area (TPSA) is 89.4 Å². The van der Waals surface area contributed by atoms with Gasteiger partial charge >= 0.3 is 5.97 Å². The first-order valence-electron chi connectivity index (χ1n) is 15.4. The zero-order chi connectivity index (χ0) is 31.1. The van der Waals surface area contributed by atoms with E-state index in [0.717, 1.165) is 81.2 Å². The number of hydrogen-bond donors (Lipinski definition) is 2. The molecule has 8 heteroatoms. The Kier molecular flexibility index (Phi) is 10.4. The second-order valence-corrected chi connectivity index (χ2v) is 11.2. The molecule has 7 nitrogen and oxygen atoms in total. The van der Waals surface area contributed by atoms with Crippen LogP contribution in [0.1, 0.15) is 67.0 Å². The number of fused-ring (bicyclic) bond motifs is 2. The molecule has 0 fully saturated rings. The highest BCUT2D eigenvalue weighted by atomic mass is 35.5. The Morgan fingerprint density at radius 2 is 1.84 bits per heavy atom. The fraction of sp³-hybridized carbons (Fsp3) is 0.333. The van der Waals surface area contributed by atoms with Crippen LogP contribution in [0.4, 0.5) is 0 Å². The number of nitrogens with zero attached hydrogens (tertiary/aromatic N) is 2. The van der Waals surface area contributed by atoms with E-state index in [1.165, 1.54) is 0 Å². The molecule has 2 aromatic heterocycles. The number of ether oxygens (including phenoxy) is 2. The van der Waals surface area contributed by atoms with Crippen LogP contribution in [0.15, 0.2) is 60.7 Å². The highest BCUT2D eigenvalue weighted by Crippen LogP contribution is 2.41. The number of allylic oxidation sites excluding steroid dienone is 1. The quantitative estimate of drug-likeness (QED) is 0.0971. The molecule has 0 saturated heterocycles. The normalized spacial score (nSPS) is 11.7. The lowest BCUT2D eigenvalue weighted by Gasteiger charge is -2.11. The van der Waals surface area contributed by atoms with Gasteiger partial charge in [0.05, 0.1) is 29.4 Å². The number of aliphatic hydroxyl groups excluding tert-OH is 1. The van der Waals surface area contributed by atoms with Crippen LogP contribution in [0, 0.1) is 0 Å². The van der Waals surface area contributed by atoms with Gasteiger partial charge in [0, 0.05) is 41.2 Å². The molecule has 0 amide bonds. The number of aromatic amines is 1. The molecular weight excluding hydrogens is 574 g/mol. The van der Waals surface area contributed by atoms with Crippen molar-refractivity contribution in [2.45, 2.75) is 52.4 Å². The third-order valence-corrected chi connectivity index (χ3v) is 8.24. The zero-order valence-corrected chi connectivity index (χ0v) is 26.4. The third kappa shape index (κ3) is 6.54. The van der Waals surface area contributed by atoms with E-state index in [-0.39, 0.29) is 19.2 Å². The summed E-state index contributed by atoms with van der Waals surface area (Å²) in [7, 11) is 1.94. The van der Waals surface area contributed by atoms with Gasteiger partial charge in [-0.1, -0.05) is 67.1 Å². The summed E-state index contributed by atoms with van der Waals surface area (Å²) in [6.45, 7) is 4.87. The van der Waals surface area contributed by atoms with E-state index in [0.29, 0.717) is 30.2 Å². The van der Waals surface area contributed by atoms with Crippen molar-refractivity contribution in [2.75, 3.05) is 19.8 Å². The van der Waals surface area contributed by atoms with E-state index >= 15 is 0 Å².